The van der Waals surface area contributed by atoms with E-state index in [2.05, 4.69) is 9.88 Å². The molecular formula is C14H20ClN3. The average Bonchev–Trinajstić information content (AvgIpc) is 2.41. The topological polar surface area (TPSA) is 42.1 Å². The van der Waals surface area contributed by atoms with Crippen LogP contribution in [0.3, 0.4) is 0 Å². The first kappa shape index (κ1) is 12.1. The first-order valence-corrected chi connectivity index (χ1v) is 7.32. The van der Waals surface area contributed by atoms with Crippen molar-refractivity contribution in [1.29, 1.82) is 0 Å². The summed E-state index contributed by atoms with van der Waals surface area (Å²) < 4.78 is 0. The lowest BCUT2D eigenvalue weighted by atomic mass is 9.78. The van der Waals surface area contributed by atoms with Crippen LogP contribution in [0, 0.1) is 5.92 Å². The van der Waals surface area contributed by atoms with Gasteiger partial charge < -0.3 is 10.6 Å². The van der Waals surface area contributed by atoms with E-state index < -0.39 is 0 Å². The normalized spacial score (nSPS) is 27.9. The standard InChI is InChI=1S/C14H20ClN3/c15-13-8-7-11(16)14(17-13)18-9-3-5-10-4-1-2-6-12(10)18/h7-8,10,12H,1-6,9,16H2/t10-,12-/m1/s1. The molecule has 3 nitrogen and oxygen atoms in total. The van der Waals surface area contributed by atoms with Gasteiger partial charge in [0.25, 0.3) is 0 Å². The van der Waals surface area contributed by atoms with Crippen LogP contribution in [-0.4, -0.2) is 17.6 Å². The largest absolute Gasteiger partial charge is 0.396 e. The van der Waals surface area contributed by atoms with Crippen LogP contribution in [0.2, 0.25) is 5.15 Å². The highest BCUT2D eigenvalue weighted by Crippen LogP contribution is 2.38. The maximum Gasteiger partial charge on any atom is 0.153 e. The zero-order valence-corrected chi connectivity index (χ0v) is 11.4. The van der Waals surface area contributed by atoms with Crippen LogP contribution in [0.25, 0.3) is 0 Å². The van der Waals surface area contributed by atoms with E-state index in [1.54, 1.807) is 6.07 Å². The van der Waals surface area contributed by atoms with Gasteiger partial charge in [0, 0.05) is 12.6 Å². The van der Waals surface area contributed by atoms with Gasteiger partial charge in [0.05, 0.1) is 5.69 Å². The number of hydrogen-bond acceptors (Lipinski definition) is 3. The molecule has 0 amide bonds. The van der Waals surface area contributed by atoms with Crippen LogP contribution in [0.5, 0.6) is 0 Å². The summed E-state index contributed by atoms with van der Waals surface area (Å²) >= 11 is 6.02. The van der Waals surface area contributed by atoms with Crippen LogP contribution in [0.15, 0.2) is 12.1 Å². The number of anilines is 2. The molecule has 1 aromatic heterocycles. The fourth-order valence-corrected chi connectivity index (χ4v) is 3.70. The third-order valence-corrected chi connectivity index (χ3v) is 4.60. The molecule has 1 saturated heterocycles. The highest BCUT2D eigenvalue weighted by molar-refractivity contribution is 6.29. The van der Waals surface area contributed by atoms with Crippen molar-refractivity contribution in [3.05, 3.63) is 17.3 Å². The summed E-state index contributed by atoms with van der Waals surface area (Å²) in [6, 6.07) is 4.26. The smallest absolute Gasteiger partial charge is 0.153 e. The average molecular weight is 266 g/mol. The van der Waals surface area contributed by atoms with Gasteiger partial charge in [0.1, 0.15) is 5.15 Å². The molecule has 2 atom stereocenters. The fourth-order valence-electron chi connectivity index (χ4n) is 3.55. The third-order valence-electron chi connectivity index (χ3n) is 4.39. The number of hydrogen-bond donors (Lipinski definition) is 1. The maximum absolute atomic E-state index is 6.08. The van der Waals surface area contributed by atoms with Crippen molar-refractivity contribution < 1.29 is 0 Å². The summed E-state index contributed by atoms with van der Waals surface area (Å²) in [6.45, 7) is 1.07. The van der Waals surface area contributed by atoms with E-state index in [1.165, 1.54) is 38.5 Å². The van der Waals surface area contributed by atoms with Crippen LogP contribution < -0.4 is 10.6 Å². The zero-order chi connectivity index (χ0) is 12.5. The number of nitrogens with two attached hydrogens (primary N) is 1. The first-order chi connectivity index (χ1) is 8.75. The molecule has 2 N–H and O–H groups in total. The summed E-state index contributed by atoms with van der Waals surface area (Å²) in [7, 11) is 0. The van der Waals surface area contributed by atoms with Gasteiger partial charge >= 0.3 is 0 Å². The van der Waals surface area contributed by atoms with E-state index in [1.807, 2.05) is 6.07 Å². The number of halogens is 1. The van der Waals surface area contributed by atoms with E-state index in [0.717, 1.165) is 24.0 Å². The van der Waals surface area contributed by atoms with Crippen molar-refractivity contribution in [2.24, 2.45) is 5.92 Å². The number of nitrogen functional groups attached to an aromatic ring is 1. The Morgan fingerprint density at radius 2 is 1.94 bits per heavy atom. The molecule has 0 bridgehead atoms. The third kappa shape index (κ3) is 2.16. The maximum atomic E-state index is 6.08. The minimum atomic E-state index is 0.539. The van der Waals surface area contributed by atoms with E-state index >= 15 is 0 Å². The summed E-state index contributed by atoms with van der Waals surface area (Å²) in [6.07, 6.45) is 7.96. The van der Waals surface area contributed by atoms with Crippen LogP contribution in [0.1, 0.15) is 38.5 Å². The monoisotopic (exact) mass is 265 g/mol. The van der Waals surface area contributed by atoms with Crippen molar-refractivity contribution in [2.45, 2.75) is 44.6 Å². The second-order valence-electron chi connectivity index (χ2n) is 5.49. The summed E-state index contributed by atoms with van der Waals surface area (Å²) in [5, 5.41) is 0.539. The Morgan fingerprint density at radius 3 is 2.83 bits per heavy atom. The van der Waals surface area contributed by atoms with Crippen molar-refractivity contribution >= 4 is 23.1 Å². The lowest BCUT2D eigenvalue weighted by molar-refractivity contribution is 0.243. The molecule has 1 aliphatic heterocycles. The predicted octanol–water partition coefficient (Wildman–Crippen LogP) is 3.48. The van der Waals surface area contributed by atoms with Crippen molar-refractivity contribution in [3.63, 3.8) is 0 Å². The highest BCUT2D eigenvalue weighted by Gasteiger charge is 2.34. The van der Waals surface area contributed by atoms with Crippen molar-refractivity contribution in [3.8, 4) is 0 Å². The minimum absolute atomic E-state index is 0.539. The molecule has 98 valence electrons. The molecule has 0 unspecified atom stereocenters. The van der Waals surface area contributed by atoms with Gasteiger partial charge in [-0.25, -0.2) is 4.98 Å². The Hall–Kier alpha value is -0.960. The number of piperidine rings is 1. The predicted molar refractivity (Wildman–Crippen MR) is 76.0 cm³/mol. The van der Waals surface area contributed by atoms with Gasteiger partial charge in [-0.2, -0.15) is 0 Å². The first-order valence-electron chi connectivity index (χ1n) is 6.94. The quantitative estimate of drug-likeness (QED) is 0.791. The van der Waals surface area contributed by atoms with Crippen LogP contribution >= 0.6 is 11.6 Å². The number of aromatic nitrogens is 1. The Balaban J connectivity index is 1.91. The Morgan fingerprint density at radius 1 is 1.17 bits per heavy atom. The molecule has 1 aromatic rings. The van der Waals surface area contributed by atoms with Gasteiger partial charge in [0.15, 0.2) is 5.82 Å². The zero-order valence-electron chi connectivity index (χ0n) is 10.6. The van der Waals surface area contributed by atoms with E-state index in [4.69, 9.17) is 17.3 Å². The van der Waals surface area contributed by atoms with Crippen molar-refractivity contribution in [2.75, 3.05) is 17.2 Å². The van der Waals surface area contributed by atoms with Crippen LogP contribution in [0.4, 0.5) is 11.5 Å². The Bertz CT molecular complexity index is 433. The second-order valence-corrected chi connectivity index (χ2v) is 5.88. The van der Waals surface area contributed by atoms with Crippen molar-refractivity contribution in [1.82, 2.24) is 4.98 Å². The highest BCUT2D eigenvalue weighted by atomic mass is 35.5. The number of fused-ring (bicyclic) bond motifs is 1. The summed E-state index contributed by atoms with van der Waals surface area (Å²) in [5.74, 6) is 1.73. The molecule has 0 aromatic carbocycles. The molecule has 1 aliphatic carbocycles. The molecular weight excluding hydrogens is 246 g/mol. The van der Waals surface area contributed by atoms with Gasteiger partial charge in [-0.15, -0.1) is 0 Å². The lowest BCUT2D eigenvalue weighted by Gasteiger charge is -2.45. The molecule has 2 heterocycles. The number of rotatable bonds is 1. The number of nitrogens with zero attached hydrogens (tertiary/aromatic N) is 2. The summed E-state index contributed by atoms with van der Waals surface area (Å²) in [4.78, 5) is 6.87. The Labute approximate surface area is 113 Å². The molecule has 0 spiro atoms. The SMILES string of the molecule is Nc1ccc(Cl)nc1N1CCC[C@H]2CCCC[C@H]21. The number of pyridine rings is 1. The van der Waals surface area contributed by atoms with Gasteiger partial charge in [-0.3, -0.25) is 0 Å². The molecule has 2 fully saturated rings. The molecule has 3 rings (SSSR count). The molecule has 4 heteroatoms. The molecule has 0 radical (unpaired) electrons. The molecule has 1 saturated carbocycles. The second kappa shape index (κ2) is 4.96. The van der Waals surface area contributed by atoms with E-state index in [0.29, 0.717) is 11.2 Å². The lowest BCUT2D eigenvalue weighted by Crippen LogP contribution is -2.47. The van der Waals surface area contributed by atoms with Gasteiger partial charge in [0.2, 0.25) is 0 Å². The van der Waals surface area contributed by atoms with Gasteiger partial charge in [-0.05, 0) is 43.7 Å². The molecule has 18 heavy (non-hydrogen) atoms. The van der Waals surface area contributed by atoms with E-state index in [9.17, 15) is 0 Å². The minimum Gasteiger partial charge on any atom is -0.396 e. The summed E-state index contributed by atoms with van der Waals surface area (Å²) in [5.41, 5.74) is 6.83. The van der Waals surface area contributed by atoms with Gasteiger partial charge in [-0.1, -0.05) is 24.4 Å². The van der Waals surface area contributed by atoms with E-state index in [-0.39, 0.29) is 0 Å². The molecule has 2 aliphatic rings. The van der Waals surface area contributed by atoms with Crippen LogP contribution in [-0.2, 0) is 0 Å². The Kier molecular flexibility index (Phi) is 3.33. The fraction of sp³-hybridized carbons (Fsp3) is 0.643.